The summed E-state index contributed by atoms with van der Waals surface area (Å²) in [6.45, 7) is 2.27. The van der Waals surface area contributed by atoms with Crippen molar-refractivity contribution in [2.24, 2.45) is 0 Å². The third kappa shape index (κ3) is 13.0. The smallest absolute Gasteiger partial charge is 0.298 e. The van der Waals surface area contributed by atoms with E-state index in [-0.39, 0.29) is 5.75 Å². The molecule has 0 fully saturated rings. The van der Waals surface area contributed by atoms with Gasteiger partial charge in [-0.05, 0) is 30.5 Å². The molecule has 0 aromatic heterocycles. The zero-order valence-corrected chi connectivity index (χ0v) is 19.2. The first kappa shape index (κ1) is 26.0. The van der Waals surface area contributed by atoms with E-state index >= 15 is 0 Å². The van der Waals surface area contributed by atoms with Crippen molar-refractivity contribution < 1.29 is 18.1 Å². The van der Waals surface area contributed by atoms with Crippen LogP contribution in [0.2, 0.25) is 0 Å². The first-order valence-corrected chi connectivity index (χ1v) is 13.2. The Morgan fingerprint density at radius 2 is 1.10 bits per heavy atom. The lowest BCUT2D eigenvalue weighted by atomic mass is 10.0. The highest BCUT2D eigenvalue weighted by molar-refractivity contribution is 7.86. The van der Waals surface area contributed by atoms with Crippen LogP contribution in [0.3, 0.4) is 0 Å². The second-order valence-electron chi connectivity index (χ2n) is 8.33. The molecule has 0 spiro atoms. The van der Waals surface area contributed by atoms with Crippen molar-refractivity contribution >= 4 is 10.1 Å². The first-order chi connectivity index (χ1) is 13.9. The summed E-state index contributed by atoms with van der Waals surface area (Å²) in [6, 6.07) is 4.37. The summed E-state index contributed by atoms with van der Waals surface area (Å²) < 4.78 is 31.2. The minimum absolute atomic E-state index is 0.374. The van der Waals surface area contributed by atoms with Gasteiger partial charge in [0, 0.05) is 0 Å². The molecule has 0 atom stereocenters. The second-order valence-corrected chi connectivity index (χ2v) is 9.72. The number of phenols is 1. The SMILES string of the molecule is CCCCCCCCCCCCCCCCCCc1ccc(S(=O)(=O)O)c(O)c1. The molecule has 0 aliphatic carbocycles. The zero-order chi connectivity index (χ0) is 21.4. The van der Waals surface area contributed by atoms with Gasteiger partial charge in [-0.15, -0.1) is 0 Å². The molecule has 1 rings (SSSR count). The molecule has 0 heterocycles. The number of aromatic hydroxyl groups is 1. The summed E-state index contributed by atoms with van der Waals surface area (Å²) in [6.07, 6.45) is 22.1. The van der Waals surface area contributed by atoms with Gasteiger partial charge in [0.15, 0.2) is 0 Å². The fourth-order valence-electron chi connectivity index (χ4n) is 3.81. The van der Waals surface area contributed by atoms with Crippen molar-refractivity contribution in [3.63, 3.8) is 0 Å². The van der Waals surface area contributed by atoms with Crippen LogP contribution < -0.4 is 0 Å². The Balaban J connectivity index is 1.92. The van der Waals surface area contributed by atoms with Crippen LogP contribution in [-0.4, -0.2) is 18.1 Å². The van der Waals surface area contributed by atoms with Gasteiger partial charge < -0.3 is 5.11 Å². The molecule has 5 heteroatoms. The zero-order valence-electron chi connectivity index (χ0n) is 18.4. The fraction of sp³-hybridized carbons (Fsp3) is 0.750. The van der Waals surface area contributed by atoms with E-state index in [1.807, 2.05) is 0 Å². The number of rotatable bonds is 18. The van der Waals surface area contributed by atoms with E-state index in [0.29, 0.717) is 0 Å². The highest BCUT2D eigenvalue weighted by Gasteiger charge is 2.15. The van der Waals surface area contributed by atoms with Crippen LogP contribution in [0.15, 0.2) is 23.1 Å². The molecule has 29 heavy (non-hydrogen) atoms. The lowest BCUT2D eigenvalue weighted by molar-refractivity contribution is 0.442. The molecule has 0 amide bonds. The second kappa shape index (κ2) is 15.7. The number of unbranched alkanes of at least 4 members (excludes halogenated alkanes) is 15. The van der Waals surface area contributed by atoms with E-state index in [1.165, 1.54) is 102 Å². The minimum atomic E-state index is -4.35. The molecule has 4 nitrogen and oxygen atoms in total. The molecule has 1 aromatic rings. The van der Waals surface area contributed by atoms with E-state index in [2.05, 4.69) is 6.92 Å². The molecule has 168 valence electrons. The topological polar surface area (TPSA) is 74.6 Å². The number of aryl methyl sites for hydroxylation is 1. The predicted octanol–water partition coefficient (Wildman–Crippen LogP) is 7.44. The predicted molar refractivity (Wildman–Crippen MR) is 121 cm³/mol. The van der Waals surface area contributed by atoms with Crippen molar-refractivity contribution in [1.29, 1.82) is 0 Å². The van der Waals surface area contributed by atoms with E-state index in [9.17, 15) is 13.5 Å². The summed E-state index contributed by atoms with van der Waals surface area (Å²) in [5, 5.41) is 9.72. The van der Waals surface area contributed by atoms with Crippen molar-refractivity contribution in [3.05, 3.63) is 23.8 Å². The van der Waals surface area contributed by atoms with Crippen LogP contribution >= 0.6 is 0 Å². The Kier molecular flexibility index (Phi) is 14.1. The van der Waals surface area contributed by atoms with Crippen LogP contribution in [-0.2, 0) is 16.5 Å². The van der Waals surface area contributed by atoms with E-state index in [0.717, 1.165) is 24.8 Å². The maximum atomic E-state index is 11.1. The van der Waals surface area contributed by atoms with Crippen molar-refractivity contribution in [2.75, 3.05) is 0 Å². The Hall–Kier alpha value is -1.07. The van der Waals surface area contributed by atoms with Crippen LogP contribution in [0.1, 0.15) is 115 Å². The average Bonchev–Trinajstić information content (AvgIpc) is 2.66. The fourth-order valence-corrected chi connectivity index (χ4v) is 4.38. The van der Waals surface area contributed by atoms with Gasteiger partial charge in [0.2, 0.25) is 0 Å². The summed E-state index contributed by atoms with van der Waals surface area (Å²) in [4.78, 5) is -0.423. The Morgan fingerprint density at radius 1 is 0.690 bits per heavy atom. The van der Waals surface area contributed by atoms with Gasteiger partial charge in [0.25, 0.3) is 10.1 Å². The van der Waals surface area contributed by atoms with Gasteiger partial charge in [-0.2, -0.15) is 8.42 Å². The highest BCUT2D eigenvalue weighted by Crippen LogP contribution is 2.24. The van der Waals surface area contributed by atoms with Crippen LogP contribution in [0, 0.1) is 0 Å². The van der Waals surface area contributed by atoms with Gasteiger partial charge in [0.05, 0.1) is 0 Å². The molecular weight excluding hydrogens is 384 g/mol. The molecule has 0 bridgehead atoms. The van der Waals surface area contributed by atoms with Crippen LogP contribution in [0.4, 0.5) is 0 Å². The van der Waals surface area contributed by atoms with Gasteiger partial charge in [-0.1, -0.05) is 109 Å². The number of benzene rings is 1. The Morgan fingerprint density at radius 3 is 1.48 bits per heavy atom. The van der Waals surface area contributed by atoms with Crippen molar-refractivity contribution in [3.8, 4) is 5.75 Å². The third-order valence-corrected chi connectivity index (χ3v) is 6.52. The average molecular weight is 427 g/mol. The summed E-state index contributed by atoms with van der Waals surface area (Å²) in [5.74, 6) is -0.374. The molecule has 0 radical (unpaired) electrons. The standard InChI is InChI=1S/C24H42O4S/c1-2-3-4-5-6-7-8-9-10-11-12-13-14-15-16-17-18-22-19-20-24(23(25)21-22)29(26,27)28/h19-21,25H,2-18H2,1H3,(H,26,27,28). The lowest BCUT2D eigenvalue weighted by Gasteiger charge is -2.06. The van der Waals surface area contributed by atoms with Gasteiger partial charge in [-0.3, -0.25) is 4.55 Å². The molecule has 0 saturated heterocycles. The molecule has 0 aliphatic rings. The molecular formula is C24H42O4S. The lowest BCUT2D eigenvalue weighted by Crippen LogP contribution is -1.99. The highest BCUT2D eigenvalue weighted by atomic mass is 32.2. The summed E-state index contributed by atoms with van der Waals surface area (Å²) in [5.41, 5.74) is 0.903. The molecule has 0 aliphatic heterocycles. The van der Waals surface area contributed by atoms with E-state index in [1.54, 1.807) is 6.07 Å². The van der Waals surface area contributed by atoms with E-state index in [4.69, 9.17) is 4.55 Å². The van der Waals surface area contributed by atoms with Gasteiger partial charge in [-0.25, -0.2) is 0 Å². The van der Waals surface area contributed by atoms with Crippen LogP contribution in [0.25, 0.3) is 0 Å². The molecule has 2 N–H and O–H groups in total. The van der Waals surface area contributed by atoms with Gasteiger partial charge >= 0.3 is 0 Å². The Bertz CT molecular complexity index is 640. The third-order valence-electron chi connectivity index (χ3n) is 5.62. The minimum Gasteiger partial charge on any atom is -0.506 e. The van der Waals surface area contributed by atoms with Crippen molar-refractivity contribution in [2.45, 2.75) is 121 Å². The molecule has 0 saturated carbocycles. The first-order valence-electron chi connectivity index (χ1n) is 11.7. The maximum Gasteiger partial charge on any atom is 0.298 e. The van der Waals surface area contributed by atoms with E-state index < -0.39 is 15.0 Å². The van der Waals surface area contributed by atoms with Crippen molar-refractivity contribution in [1.82, 2.24) is 0 Å². The number of phenolic OH excluding ortho intramolecular Hbond substituents is 1. The largest absolute Gasteiger partial charge is 0.506 e. The quantitative estimate of drug-likeness (QED) is 0.189. The summed E-state index contributed by atoms with van der Waals surface area (Å²) in [7, 11) is -4.35. The number of hydrogen-bond donors (Lipinski definition) is 2. The summed E-state index contributed by atoms with van der Waals surface area (Å²) >= 11 is 0. The van der Waals surface area contributed by atoms with Gasteiger partial charge in [0.1, 0.15) is 10.6 Å². The monoisotopic (exact) mass is 426 g/mol. The normalized spacial score (nSPS) is 11.8. The molecule has 0 unspecified atom stereocenters. The maximum absolute atomic E-state index is 11.1. The van der Waals surface area contributed by atoms with Crippen LogP contribution in [0.5, 0.6) is 5.75 Å². The molecule has 1 aromatic carbocycles. The number of hydrogen-bond acceptors (Lipinski definition) is 3. The Labute approximate surface area is 178 Å².